The van der Waals surface area contributed by atoms with Crippen molar-refractivity contribution in [2.45, 2.75) is 32.6 Å². The Labute approximate surface area is 185 Å². The zero-order valence-corrected chi connectivity index (χ0v) is 19.1. The standard InChI is InChI=1S/C26H28N2O2S/c1-20-15-17-24(18-16-20)31(29,30)28-27-21(2)26(3,4)19-25(22-11-7-5-8-12-22)23-13-9-6-10-14-23/h5-19,28H,1-4H3/b27-21+. The Morgan fingerprint density at radius 2 is 1.32 bits per heavy atom. The van der Waals surface area contributed by atoms with E-state index in [2.05, 4.69) is 40.3 Å². The summed E-state index contributed by atoms with van der Waals surface area (Å²) >= 11 is 0. The van der Waals surface area contributed by atoms with Crippen molar-refractivity contribution in [1.82, 2.24) is 4.83 Å². The number of aryl methyl sites for hydroxylation is 1. The van der Waals surface area contributed by atoms with E-state index in [4.69, 9.17) is 0 Å². The maximum absolute atomic E-state index is 12.6. The van der Waals surface area contributed by atoms with E-state index in [0.717, 1.165) is 22.3 Å². The highest BCUT2D eigenvalue weighted by Crippen LogP contribution is 2.30. The topological polar surface area (TPSA) is 58.5 Å². The zero-order valence-electron chi connectivity index (χ0n) is 18.3. The summed E-state index contributed by atoms with van der Waals surface area (Å²) in [6.45, 7) is 7.80. The number of hydrogen-bond donors (Lipinski definition) is 1. The number of nitrogens with one attached hydrogen (secondary N) is 1. The first-order valence-corrected chi connectivity index (χ1v) is 11.6. The van der Waals surface area contributed by atoms with E-state index in [0.29, 0.717) is 5.71 Å². The Hall–Kier alpha value is -3.18. The number of benzene rings is 3. The van der Waals surface area contributed by atoms with Gasteiger partial charge in [-0.3, -0.25) is 0 Å². The third-order valence-electron chi connectivity index (χ3n) is 5.27. The zero-order chi connectivity index (χ0) is 22.5. The molecular formula is C26H28N2O2S. The van der Waals surface area contributed by atoms with Crippen LogP contribution in [-0.4, -0.2) is 14.1 Å². The van der Waals surface area contributed by atoms with Crippen LogP contribution in [0.4, 0.5) is 0 Å². The van der Waals surface area contributed by atoms with Crippen LogP contribution in [-0.2, 0) is 10.0 Å². The first-order chi connectivity index (χ1) is 14.7. The van der Waals surface area contributed by atoms with Gasteiger partial charge in [-0.05, 0) is 42.7 Å². The summed E-state index contributed by atoms with van der Waals surface area (Å²) < 4.78 is 25.2. The fraction of sp³-hybridized carbons (Fsp3) is 0.192. The smallest absolute Gasteiger partial charge is 0.200 e. The molecule has 0 aliphatic heterocycles. The van der Waals surface area contributed by atoms with Crippen molar-refractivity contribution in [2.24, 2.45) is 10.5 Å². The summed E-state index contributed by atoms with van der Waals surface area (Å²) in [5, 5.41) is 4.24. The summed E-state index contributed by atoms with van der Waals surface area (Å²) in [5.74, 6) is 0. The second kappa shape index (κ2) is 9.31. The van der Waals surface area contributed by atoms with Gasteiger partial charge in [0.25, 0.3) is 10.0 Å². The van der Waals surface area contributed by atoms with Crippen molar-refractivity contribution in [2.75, 3.05) is 0 Å². The molecule has 0 unspecified atom stereocenters. The molecule has 0 aliphatic carbocycles. The lowest BCUT2D eigenvalue weighted by Crippen LogP contribution is -2.26. The normalized spacial score (nSPS) is 12.3. The molecule has 4 nitrogen and oxygen atoms in total. The third-order valence-corrected chi connectivity index (χ3v) is 6.50. The Kier molecular flexibility index (Phi) is 6.76. The minimum Gasteiger partial charge on any atom is -0.200 e. The van der Waals surface area contributed by atoms with E-state index < -0.39 is 15.4 Å². The fourth-order valence-corrected chi connectivity index (χ4v) is 3.93. The van der Waals surface area contributed by atoms with Gasteiger partial charge >= 0.3 is 0 Å². The van der Waals surface area contributed by atoms with Crippen LogP contribution >= 0.6 is 0 Å². The molecular weight excluding hydrogens is 404 g/mol. The van der Waals surface area contributed by atoms with Gasteiger partial charge in [0.15, 0.2) is 0 Å². The molecule has 0 heterocycles. The number of nitrogens with zero attached hydrogens (tertiary/aromatic N) is 1. The van der Waals surface area contributed by atoms with Crippen LogP contribution in [0.25, 0.3) is 5.57 Å². The number of allylic oxidation sites excluding steroid dienone is 1. The van der Waals surface area contributed by atoms with Crippen molar-refractivity contribution in [3.63, 3.8) is 0 Å². The van der Waals surface area contributed by atoms with Crippen LogP contribution in [0.15, 0.2) is 101 Å². The van der Waals surface area contributed by atoms with Gasteiger partial charge in [-0.2, -0.15) is 13.5 Å². The van der Waals surface area contributed by atoms with E-state index in [9.17, 15) is 8.42 Å². The number of sulfonamides is 1. The van der Waals surface area contributed by atoms with Crippen LogP contribution < -0.4 is 4.83 Å². The van der Waals surface area contributed by atoms with Crippen LogP contribution in [0.3, 0.4) is 0 Å². The molecule has 1 N–H and O–H groups in total. The van der Waals surface area contributed by atoms with Crippen LogP contribution in [0.5, 0.6) is 0 Å². The molecule has 0 saturated carbocycles. The van der Waals surface area contributed by atoms with Crippen molar-refractivity contribution >= 4 is 21.3 Å². The van der Waals surface area contributed by atoms with Gasteiger partial charge in [-0.15, -0.1) is 0 Å². The molecule has 31 heavy (non-hydrogen) atoms. The minimum absolute atomic E-state index is 0.192. The maximum Gasteiger partial charge on any atom is 0.276 e. The Bertz CT molecular complexity index is 1140. The second-order valence-corrected chi connectivity index (χ2v) is 9.78. The molecule has 0 amide bonds. The Morgan fingerprint density at radius 1 is 0.839 bits per heavy atom. The molecule has 0 spiro atoms. The van der Waals surface area contributed by atoms with Gasteiger partial charge in [-0.25, -0.2) is 4.83 Å². The third kappa shape index (κ3) is 5.70. The molecule has 0 bridgehead atoms. The molecule has 0 saturated heterocycles. The largest absolute Gasteiger partial charge is 0.276 e. The molecule has 3 aromatic carbocycles. The highest BCUT2D eigenvalue weighted by molar-refractivity contribution is 7.89. The highest BCUT2D eigenvalue weighted by atomic mass is 32.2. The van der Waals surface area contributed by atoms with Gasteiger partial charge in [-0.1, -0.05) is 98.3 Å². The summed E-state index contributed by atoms with van der Waals surface area (Å²) in [4.78, 5) is 2.58. The average Bonchev–Trinajstić information content (AvgIpc) is 2.77. The van der Waals surface area contributed by atoms with E-state index >= 15 is 0 Å². The molecule has 3 rings (SSSR count). The van der Waals surface area contributed by atoms with Crippen molar-refractivity contribution < 1.29 is 8.42 Å². The van der Waals surface area contributed by atoms with E-state index in [-0.39, 0.29) is 4.90 Å². The number of hydrogen-bond acceptors (Lipinski definition) is 3. The van der Waals surface area contributed by atoms with Crippen molar-refractivity contribution in [3.8, 4) is 0 Å². The monoisotopic (exact) mass is 432 g/mol. The lowest BCUT2D eigenvalue weighted by molar-refractivity contribution is 0.582. The first kappa shape index (κ1) is 22.5. The van der Waals surface area contributed by atoms with Crippen LogP contribution in [0.2, 0.25) is 0 Å². The predicted octanol–water partition coefficient (Wildman–Crippen LogP) is 5.81. The number of hydrazone groups is 1. The molecule has 0 fully saturated rings. The first-order valence-electron chi connectivity index (χ1n) is 10.2. The molecule has 0 atom stereocenters. The van der Waals surface area contributed by atoms with Crippen LogP contribution in [0, 0.1) is 12.3 Å². The lowest BCUT2D eigenvalue weighted by Gasteiger charge is -2.23. The molecule has 0 aromatic heterocycles. The molecule has 160 valence electrons. The highest BCUT2D eigenvalue weighted by Gasteiger charge is 2.22. The van der Waals surface area contributed by atoms with Gasteiger partial charge in [0, 0.05) is 11.1 Å². The minimum atomic E-state index is -3.72. The summed E-state index contributed by atoms with van der Waals surface area (Å²) in [6.07, 6.45) is 2.14. The van der Waals surface area contributed by atoms with Gasteiger partial charge in [0.1, 0.15) is 0 Å². The summed E-state index contributed by atoms with van der Waals surface area (Å²) in [7, 11) is -3.72. The Balaban J connectivity index is 1.94. The van der Waals surface area contributed by atoms with E-state index in [1.165, 1.54) is 0 Å². The van der Waals surface area contributed by atoms with Gasteiger partial charge < -0.3 is 0 Å². The van der Waals surface area contributed by atoms with Gasteiger partial charge in [0.05, 0.1) is 4.90 Å². The molecule has 0 radical (unpaired) electrons. The van der Waals surface area contributed by atoms with E-state index in [1.807, 2.05) is 64.1 Å². The van der Waals surface area contributed by atoms with Crippen LogP contribution in [0.1, 0.15) is 37.5 Å². The predicted molar refractivity (Wildman–Crippen MR) is 128 cm³/mol. The van der Waals surface area contributed by atoms with Crippen molar-refractivity contribution in [1.29, 1.82) is 0 Å². The fourth-order valence-electron chi connectivity index (χ4n) is 3.08. The summed E-state index contributed by atoms with van der Waals surface area (Å²) in [5.41, 5.74) is 4.43. The SMILES string of the molecule is C/C(=N\NS(=O)(=O)c1ccc(C)cc1)C(C)(C)C=C(c1ccccc1)c1ccccc1. The summed E-state index contributed by atoms with van der Waals surface area (Å²) in [6, 6.07) is 27.0. The second-order valence-electron chi connectivity index (χ2n) is 8.12. The lowest BCUT2D eigenvalue weighted by atomic mass is 9.83. The van der Waals surface area contributed by atoms with Crippen molar-refractivity contribution in [3.05, 3.63) is 108 Å². The maximum atomic E-state index is 12.6. The van der Waals surface area contributed by atoms with Gasteiger partial charge in [0.2, 0.25) is 0 Å². The number of rotatable bonds is 7. The average molecular weight is 433 g/mol. The Morgan fingerprint density at radius 3 is 1.81 bits per heavy atom. The molecule has 3 aromatic rings. The molecule has 0 aliphatic rings. The molecule has 5 heteroatoms. The quantitative estimate of drug-likeness (QED) is 0.378. The van der Waals surface area contributed by atoms with E-state index in [1.54, 1.807) is 24.3 Å².